The van der Waals surface area contributed by atoms with E-state index in [-0.39, 0.29) is 6.61 Å². The first-order chi connectivity index (χ1) is 11.2. The molecule has 0 radical (unpaired) electrons. The van der Waals surface area contributed by atoms with Crippen LogP contribution in [0, 0.1) is 0 Å². The molecule has 0 fully saturated rings. The van der Waals surface area contributed by atoms with E-state index in [9.17, 15) is 9.59 Å². The van der Waals surface area contributed by atoms with E-state index >= 15 is 0 Å². The Labute approximate surface area is 132 Å². The molecule has 0 aliphatic carbocycles. The van der Waals surface area contributed by atoms with E-state index in [1.807, 2.05) is 42.5 Å². The fraction of sp³-hybridized carbons (Fsp3) is 0.0556. The average Bonchev–Trinajstić information content (AvgIpc) is 2.61. The van der Waals surface area contributed by atoms with Crippen molar-refractivity contribution in [3.05, 3.63) is 89.0 Å². The predicted molar refractivity (Wildman–Crippen MR) is 86.0 cm³/mol. The Kier molecular flexibility index (Phi) is 4.29. The van der Waals surface area contributed by atoms with E-state index in [2.05, 4.69) is 4.98 Å². The molecule has 3 rings (SSSR count). The summed E-state index contributed by atoms with van der Waals surface area (Å²) in [4.78, 5) is 27.7. The smallest absolute Gasteiger partial charge is 0.421 e. The highest BCUT2D eigenvalue weighted by Crippen LogP contribution is 2.16. The van der Waals surface area contributed by atoms with Crippen LogP contribution < -0.4 is 5.56 Å². The van der Waals surface area contributed by atoms with Crippen molar-refractivity contribution in [1.82, 2.24) is 9.55 Å². The molecule has 0 unspecified atom stereocenters. The lowest BCUT2D eigenvalue weighted by molar-refractivity contribution is 0.140. The molecule has 0 atom stereocenters. The predicted octanol–water partition coefficient (Wildman–Crippen LogP) is 3.10. The van der Waals surface area contributed by atoms with Gasteiger partial charge < -0.3 is 4.74 Å². The molecule has 3 aromatic rings. The van der Waals surface area contributed by atoms with Crippen LogP contribution in [0.4, 0.5) is 4.79 Å². The molecule has 0 saturated heterocycles. The lowest BCUT2D eigenvalue weighted by atomic mass is 10.1. The Bertz CT molecular complexity index is 855. The summed E-state index contributed by atoms with van der Waals surface area (Å²) in [5, 5.41) is 0. The first kappa shape index (κ1) is 14.7. The van der Waals surface area contributed by atoms with Crippen molar-refractivity contribution in [3.8, 4) is 11.3 Å². The van der Waals surface area contributed by atoms with Crippen LogP contribution >= 0.6 is 0 Å². The van der Waals surface area contributed by atoms with E-state index < -0.39 is 11.7 Å². The minimum atomic E-state index is -0.706. The number of aromatic nitrogens is 2. The SMILES string of the molecule is O=C(OCc1ccc(-c2ccccc2)nc1)n1ccccc1=O. The molecule has 114 valence electrons. The monoisotopic (exact) mass is 306 g/mol. The van der Waals surface area contributed by atoms with Crippen LogP contribution in [-0.2, 0) is 11.3 Å². The van der Waals surface area contributed by atoms with Crippen molar-refractivity contribution in [1.29, 1.82) is 0 Å². The molecule has 5 nitrogen and oxygen atoms in total. The maximum atomic E-state index is 11.8. The number of hydrogen-bond acceptors (Lipinski definition) is 4. The Hall–Kier alpha value is -3.21. The zero-order chi connectivity index (χ0) is 16.1. The van der Waals surface area contributed by atoms with Gasteiger partial charge in [0.15, 0.2) is 0 Å². The van der Waals surface area contributed by atoms with Crippen molar-refractivity contribution in [2.75, 3.05) is 0 Å². The van der Waals surface area contributed by atoms with Crippen molar-refractivity contribution >= 4 is 6.09 Å². The van der Waals surface area contributed by atoms with E-state index in [0.29, 0.717) is 0 Å². The van der Waals surface area contributed by atoms with Gasteiger partial charge in [0.05, 0.1) is 5.69 Å². The number of nitrogens with zero attached hydrogens (tertiary/aromatic N) is 2. The second kappa shape index (κ2) is 6.70. The van der Waals surface area contributed by atoms with Gasteiger partial charge in [-0.2, -0.15) is 0 Å². The van der Waals surface area contributed by atoms with Gasteiger partial charge in [0.2, 0.25) is 0 Å². The zero-order valence-electron chi connectivity index (χ0n) is 12.3. The molecule has 0 amide bonds. The van der Waals surface area contributed by atoms with Gasteiger partial charge in [0, 0.05) is 29.6 Å². The summed E-state index contributed by atoms with van der Waals surface area (Å²) in [5.74, 6) is 0. The van der Waals surface area contributed by atoms with Crippen molar-refractivity contribution < 1.29 is 9.53 Å². The molecule has 0 saturated carbocycles. The standard InChI is InChI=1S/C18H14N2O3/c21-17-8-4-5-11-20(17)18(22)23-13-14-9-10-16(19-12-14)15-6-2-1-3-7-15/h1-12H,13H2. The molecular formula is C18H14N2O3. The Morgan fingerprint density at radius 2 is 1.78 bits per heavy atom. The van der Waals surface area contributed by atoms with E-state index in [1.165, 1.54) is 12.3 Å². The van der Waals surface area contributed by atoms with Crippen LogP contribution in [0.2, 0.25) is 0 Å². The summed E-state index contributed by atoms with van der Waals surface area (Å²) in [6, 6.07) is 18.0. The zero-order valence-corrected chi connectivity index (χ0v) is 12.3. The number of ether oxygens (including phenoxy) is 1. The van der Waals surface area contributed by atoms with Gasteiger partial charge in [-0.1, -0.05) is 42.5 Å². The maximum Gasteiger partial charge on any atom is 0.421 e. The number of pyridine rings is 2. The van der Waals surface area contributed by atoms with Gasteiger partial charge >= 0.3 is 6.09 Å². The lowest BCUT2D eigenvalue weighted by Gasteiger charge is -2.07. The molecule has 0 N–H and O–H groups in total. The van der Waals surface area contributed by atoms with Gasteiger partial charge in [0.25, 0.3) is 5.56 Å². The number of carbonyl (C=O) groups excluding carboxylic acids is 1. The number of hydrogen-bond donors (Lipinski definition) is 0. The quantitative estimate of drug-likeness (QED) is 0.746. The van der Waals surface area contributed by atoms with Gasteiger partial charge in [-0.25, -0.2) is 9.36 Å². The molecule has 0 aliphatic heterocycles. The van der Waals surface area contributed by atoms with Gasteiger partial charge in [-0.05, 0) is 12.1 Å². The molecule has 2 aromatic heterocycles. The topological polar surface area (TPSA) is 61.2 Å². The van der Waals surface area contributed by atoms with Crippen LogP contribution in [0.3, 0.4) is 0 Å². The lowest BCUT2D eigenvalue weighted by Crippen LogP contribution is -2.26. The molecule has 0 aliphatic rings. The molecule has 23 heavy (non-hydrogen) atoms. The van der Waals surface area contributed by atoms with Crippen molar-refractivity contribution in [2.24, 2.45) is 0 Å². The van der Waals surface area contributed by atoms with Gasteiger partial charge in [-0.3, -0.25) is 9.78 Å². The highest BCUT2D eigenvalue weighted by molar-refractivity contribution is 5.70. The first-order valence-electron chi connectivity index (χ1n) is 7.09. The van der Waals surface area contributed by atoms with Crippen LogP contribution in [0.15, 0.2) is 77.9 Å². The fourth-order valence-corrected chi connectivity index (χ4v) is 2.08. The second-order valence-corrected chi connectivity index (χ2v) is 4.88. The van der Waals surface area contributed by atoms with E-state index in [0.717, 1.165) is 21.4 Å². The Morgan fingerprint density at radius 3 is 2.48 bits per heavy atom. The molecule has 1 aromatic carbocycles. The van der Waals surface area contributed by atoms with Crippen molar-refractivity contribution in [2.45, 2.75) is 6.61 Å². The summed E-state index contributed by atoms with van der Waals surface area (Å²) in [5.41, 5.74) is 2.20. The van der Waals surface area contributed by atoms with E-state index in [1.54, 1.807) is 18.3 Å². The van der Waals surface area contributed by atoms with Crippen LogP contribution in [-0.4, -0.2) is 15.6 Å². The van der Waals surface area contributed by atoms with Gasteiger partial charge in [0.1, 0.15) is 6.61 Å². The summed E-state index contributed by atoms with van der Waals surface area (Å²) >= 11 is 0. The number of benzene rings is 1. The summed E-state index contributed by atoms with van der Waals surface area (Å²) in [6.45, 7) is 0.0578. The highest BCUT2D eigenvalue weighted by atomic mass is 16.5. The summed E-state index contributed by atoms with van der Waals surface area (Å²) in [7, 11) is 0. The second-order valence-electron chi connectivity index (χ2n) is 4.88. The molecular weight excluding hydrogens is 292 g/mol. The minimum Gasteiger partial charge on any atom is -0.444 e. The Morgan fingerprint density at radius 1 is 1.00 bits per heavy atom. The fourth-order valence-electron chi connectivity index (χ4n) is 2.08. The first-order valence-corrected chi connectivity index (χ1v) is 7.09. The normalized spacial score (nSPS) is 10.3. The molecule has 5 heteroatoms. The van der Waals surface area contributed by atoms with Gasteiger partial charge in [-0.15, -0.1) is 0 Å². The minimum absolute atomic E-state index is 0.0578. The number of rotatable bonds is 3. The van der Waals surface area contributed by atoms with Crippen LogP contribution in [0.5, 0.6) is 0 Å². The third-order valence-corrected chi connectivity index (χ3v) is 3.28. The largest absolute Gasteiger partial charge is 0.444 e. The van der Waals surface area contributed by atoms with Crippen molar-refractivity contribution in [3.63, 3.8) is 0 Å². The third kappa shape index (κ3) is 3.52. The van der Waals surface area contributed by atoms with Crippen LogP contribution in [0.1, 0.15) is 5.56 Å². The van der Waals surface area contributed by atoms with E-state index in [4.69, 9.17) is 4.74 Å². The Balaban J connectivity index is 1.66. The highest BCUT2D eigenvalue weighted by Gasteiger charge is 2.08. The maximum absolute atomic E-state index is 11.8. The summed E-state index contributed by atoms with van der Waals surface area (Å²) < 4.78 is 6.05. The number of carbonyl (C=O) groups is 1. The average molecular weight is 306 g/mol. The third-order valence-electron chi connectivity index (χ3n) is 3.28. The molecule has 0 spiro atoms. The summed E-state index contributed by atoms with van der Waals surface area (Å²) in [6.07, 6.45) is 2.33. The van der Waals surface area contributed by atoms with Crippen LogP contribution in [0.25, 0.3) is 11.3 Å². The molecule has 2 heterocycles. The molecule has 0 bridgehead atoms.